The molecule has 0 radical (unpaired) electrons. The summed E-state index contributed by atoms with van der Waals surface area (Å²) in [5.74, 6) is 1.49. The zero-order valence-corrected chi connectivity index (χ0v) is 23.8. The van der Waals surface area contributed by atoms with E-state index in [4.69, 9.17) is 33.2 Å². The van der Waals surface area contributed by atoms with Crippen LogP contribution >= 0.6 is 23.2 Å². The molecule has 2 fully saturated rings. The van der Waals surface area contributed by atoms with E-state index < -0.39 is 5.82 Å². The van der Waals surface area contributed by atoms with Crippen molar-refractivity contribution in [2.75, 3.05) is 47.4 Å². The fraction of sp³-hybridized carbons (Fsp3) is 0.429. The zero-order valence-electron chi connectivity index (χ0n) is 22.3. The normalized spacial score (nSPS) is 19.5. The topological polar surface area (TPSA) is 77.5 Å². The molecule has 2 unspecified atom stereocenters. The number of aromatic nitrogens is 3. The van der Waals surface area contributed by atoms with E-state index in [0.717, 1.165) is 30.8 Å². The van der Waals surface area contributed by atoms with Crippen LogP contribution in [0.15, 0.2) is 36.5 Å². The Morgan fingerprint density at radius 2 is 1.87 bits per heavy atom. The van der Waals surface area contributed by atoms with E-state index in [2.05, 4.69) is 38.8 Å². The lowest BCUT2D eigenvalue weighted by molar-refractivity contribution is 0.0955. The molecular formula is C28H32Cl2FN7O. The molecule has 0 aliphatic carbocycles. The van der Waals surface area contributed by atoms with Gasteiger partial charge in [-0.15, -0.1) is 0 Å². The van der Waals surface area contributed by atoms with Gasteiger partial charge >= 0.3 is 0 Å². The molecule has 11 heteroatoms. The van der Waals surface area contributed by atoms with Crippen molar-refractivity contribution in [1.82, 2.24) is 20.3 Å². The van der Waals surface area contributed by atoms with Gasteiger partial charge in [0.25, 0.3) is 5.91 Å². The number of anilines is 3. The lowest BCUT2D eigenvalue weighted by Gasteiger charge is -2.41. The number of pyridine rings is 1. The molecule has 2 aliphatic heterocycles. The van der Waals surface area contributed by atoms with Crippen molar-refractivity contribution in [3.63, 3.8) is 0 Å². The minimum atomic E-state index is -0.459. The number of hydrogen-bond acceptors (Lipinski definition) is 7. The summed E-state index contributed by atoms with van der Waals surface area (Å²) in [7, 11) is 0. The molecule has 39 heavy (non-hydrogen) atoms. The number of benzene rings is 1. The minimum absolute atomic E-state index is 0.0632. The number of hydrogen-bond donors (Lipinski definition) is 1. The fourth-order valence-corrected chi connectivity index (χ4v) is 5.74. The number of piperazine rings is 1. The Balaban J connectivity index is 1.42. The average Bonchev–Trinajstić information content (AvgIpc) is 3.35. The molecule has 0 saturated carbocycles. The van der Waals surface area contributed by atoms with E-state index in [-0.39, 0.29) is 17.0 Å². The average molecular weight is 573 g/mol. The number of rotatable bonds is 6. The number of carbonyl (C=O) groups is 1. The smallest absolute Gasteiger partial charge is 0.252 e. The molecule has 2 aromatic heterocycles. The summed E-state index contributed by atoms with van der Waals surface area (Å²) in [6.45, 7) is 9.66. The summed E-state index contributed by atoms with van der Waals surface area (Å²) in [4.78, 5) is 33.2. The number of nitrogens with one attached hydrogen (secondary N) is 1. The van der Waals surface area contributed by atoms with Gasteiger partial charge in [-0.25, -0.2) is 14.4 Å². The highest BCUT2D eigenvalue weighted by atomic mass is 35.5. The summed E-state index contributed by atoms with van der Waals surface area (Å²) in [6, 6.07) is 8.72. The van der Waals surface area contributed by atoms with Crippen LogP contribution in [0.5, 0.6) is 0 Å². The third-order valence-corrected chi connectivity index (χ3v) is 7.94. The standard InChI is InChI=1S/C28H32Cl2FN7O/c1-4-32-27(39)20-13-22(30)26(33-15-20)36-10-11-37(18(3)16-36)25-14-24(19-7-8-23(31)21(29)12-19)34-28(35-25)38-9-5-6-17(38)2/h7-8,12-15,17-18H,4-6,9-11,16H2,1-3H3,(H,32,39). The molecule has 0 bridgehead atoms. The van der Waals surface area contributed by atoms with E-state index in [1.54, 1.807) is 24.4 Å². The number of nitrogens with zero attached hydrogens (tertiary/aromatic N) is 6. The number of amides is 1. The predicted octanol–water partition coefficient (Wildman–Crippen LogP) is 5.44. The molecule has 2 aliphatic rings. The first-order chi connectivity index (χ1) is 18.7. The van der Waals surface area contributed by atoms with Gasteiger partial charge in [-0.3, -0.25) is 4.79 Å². The fourth-order valence-electron chi connectivity index (χ4n) is 5.27. The Bertz CT molecular complexity index is 1370. The van der Waals surface area contributed by atoms with Crippen LogP contribution in [0.3, 0.4) is 0 Å². The van der Waals surface area contributed by atoms with Gasteiger partial charge in [-0.2, -0.15) is 4.98 Å². The Labute approximate surface area is 238 Å². The highest BCUT2D eigenvalue weighted by molar-refractivity contribution is 6.33. The van der Waals surface area contributed by atoms with Gasteiger partial charge in [-0.1, -0.05) is 23.2 Å². The minimum Gasteiger partial charge on any atom is -0.352 e. The quantitative estimate of drug-likeness (QED) is 0.422. The second-order valence-corrected chi connectivity index (χ2v) is 10.9. The summed E-state index contributed by atoms with van der Waals surface area (Å²) < 4.78 is 13.9. The van der Waals surface area contributed by atoms with Gasteiger partial charge < -0.3 is 20.0 Å². The molecule has 3 aromatic rings. The summed E-state index contributed by atoms with van der Waals surface area (Å²) >= 11 is 12.7. The highest BCUT2D eigenvalue weighted by Crippen LogP contribution is 2.33. The second kappa shape index (κ2) is 11.5. The first-order valence-electron chi connectivity index (χ1n) is 13.3. The van der Waals surface area contributed by atoms with E-state index in [1.165, 1.54) is 6.07 Å². The Kier molecular flexibility index (Phi) is 8.09. The third-order valence-electron chi connectivity index (χ3n) is 7.37. The van der Waals surface area contributed by atoms with Gasteiger partial charge in [0.2, 0.25) is 5.95 Å². The second-order valence-electron chi connectivity index (χ2n) is 10.1. The van der Waals surface area contributed by atoms with Gasteiger partial charge in [0, 0.05) is 62.6 Å². The molecule has 206 valence electrons. The molecule has 8 nitrogen and oxygen atoms in total. The molecule has 1 aromatic carbocycles. The largest absolute Gasteiger partial charge is 0.352 e. The van der Waals surface area contributed by atoms with Crippen molar-refractivity contribution < 1.29 is 9.18 Å². The van der Waals surface area contributed by atoms with Crippen LogP contribution in [-0.4, -0.2) is 65.7 Å². The summed E-state index contributed by atoms with van der Waals surface area (Å²) in [5.41, 5.74) is 1.89. The van der Waals surface area contributed by atoms with Crippen molar-refractivity contribution in [3.05, 3.63) is 58.0 Å². The Hall–Kier alpha value is -3.17. The van der Waals surface area contributed by atoms with Crippen molar-refractivity contribution >= 4 is 46.7 Å². The molecule has 1 amide bonds. The Morgan fingerprint density at radius 1 is 1.05 bits per heavy atom. The van der Waals surface area contributed by atoms with Crippen LogP contribution in [0.4, 0.5) is 22.0 Å². The van der Waals surface area contributed by atoms with E-state index in [9.17, 15) is 9.18 Å². The first-order valence-corrected chi connectivity index (χ1v) is 14.1. The third kappa shape index (κ3) is 5.75. The van der Waals surface area contributed by atoms with Crippen LogP contribution in [0.2, 0.25) is 10.0 Å². The molecule has 1 N–H and O–H groups in total. The van der Waals surface area contributed by atoms with Gasteiger partial charge in [0.1, 0.15) is 17.5 Å². The maximum absolute atomic E-state index is 13.9. The maximum atomic E-state index is 13.9. The number of halogens is 3. The van der Waals surface area contributed by atoms with Gasteiger partial charge in [0.15, 0.2) is 0 Å². The van der Waals surface area contributed by atoms with Crippen LogP contribution < -0.4 is 20.0 Å². The van der Waals surface area contributed by atoms with Crippen molar-refractivity contribution in [2.24, 2.45) is 0 Å². The summed E-state index contributed by atoms with van der Waals surface area (Å²) in [5, 5.41) is 3.28. The van der Waals surface area contributed by atoms with Crippen molar-refractivity contribution in [3.8, 4) is 11.3 Å². The van der Waals surface area contributed by atoms with Crippen LogP contribution in [0.1, 0.15) is 44.0 Å². The molecular weight excluding hydrogens is 540 g/mol. The zero-order chi connectivity index (χ0) is 27.7. The first kappa shape index (κ1) is 27.4. The van der Waals surface area contributed by atoms with Crippen molar-refractivity contribution in [2.45, 2.75) is 45.7 Å². The lowest BCUT2D eigenvalue weighted by atomic mass is 10.1. The van der Waals surface area contributed by atoms with E-state index in [0.29, 0.717) is 60.3 Å². The number of carbonyl (C=O) groups excluding carboxylic acids is 1. The molecule has 2 atom stereocenters. The van der Waals surface area contributed by atoms with E-state index in [1.807, 2.05) is 13.0 Å². The van der Waals surface area contributed by atoms with Crippen LogP contribution in [0.25, 0.3) is 11.3 Å². The van der Waals surface area contributed by atoms with Crippen molar-refractivity contribution in [1.29, 1.82) is 0 Å². The molecule has 5 rings (SSSR count). The maximum Gasteiger partial charge on any atom is 0.252 e. The van der Waals surface area contributed by atoms with Gasteiger partial charge in [0.05, 0.1) is 21.3 Å². The molecule has 2 saturated heterocycles. The van der Waals surface area contributed by atoms with Crippen LogP contribution in [0, 0.1) is 5.82 Å². The molecule has 4 heterocycles. The highest BCUT2D eigenvalue weighted by Gasteiger charge is 2.30. The van der Waals surface area contributed by atoms with Crippen LogP contribution in [-0.2, 0) is 0 Å². The summed E-state index contributed by atoms with van der Waals surface area (Å²) in [6.07, 6.45) is 3.75. The van der Waals surface area contributed by atoms with E-state index >= 15 is 0 Å². The SMILES string of the molecule is CCNC(=O)c1cnc(N2CCN(c3cc(-c4ccc(F)c(Cl)c4)nc(N4CCCC4C)n3)C(C)C2)c(Cl)c1. The predicted molar refractivity (Wildman–Crippen MR) is 155 cm³/mol. The van der Waals surface area contributed by atoms with Gasteiger partial charge in [-0.05, 0) is 57.9 Å². The molecule has 0 spiro atoms. The Morgan fingerprint density at radius 3 is 2.54 bits per heavy atom. The lowest BCUT2D eigenvalue weighted by Crippen LogP contribution is -2.53. The monoisotopic (exact) mass is 571 g/mol.